The van der Waals surface area contributed by atoms with E-state index in [1.165, 1.54) is 0 Å². The van der Waals surface area contributed by atoms with Gasteiger partial charge in [-0.15, -0.1) is 11.3 Å². The van der Waals surface area contributed by atoms with Gasteiger partial charge in [0.05, 0.1) is 3.79 Å². The molecule has 0 bridgehead atoms. The molecule has 102 valence electrons. The molecule has 0 aliphatic carbocycles. The van der Waals surface area contributed by atoms with Crippen molar-refractivity contribution in [1.82, 2.24) is 19.4 Å². The second kappa shape index (κ2) is 5.34. The molecule has 0 radical (unpaired) electrons. The highest BCUT2D eigenvalue weighted by atomic mass is 79.9. The highest BCUT2D eigenvalue weighted by Crippen LogP contribution is 2.27. The predicted molar refractivity (Wildman–Crippen MR) is 84.3 cm³/mol. The number of nitrogens with zero attached hydrogens (tertiary/aromatic N) is 5. The summed E-state index contributed by atoms with van der Waals surface area (Å²) in [6, 6.07) is 3.89. The van der Waals surface area contributed by atoms with E-state index in [-0.39, 0.29) is 0 Å². The average molecular weight is 350 g/mol. The first kappa shape index (κ1) is 13.3. The van der Waals surface area contributed by atoms with E-state index < -0.39 is 0 Å². The van der Waals surface area contributed by atoms with Crippen LogP contribution in [0.4, 0.5) is 0 Å². The second-order valence-electron chi connectivity index (χ2n) is 4.38. The Morgan fingerprint density at radius 2 is 2.30 bits per heavy atom. The summed E-state index contributed by atoms with van der Waals surface area (Å²) in [5, 5.41) is 6.35. The van der Waals surface area contributed by atoms with Crippen LogP contribution in [0.1, 0.15) is 11.3 Å². The van der Waals surface area contributed by atoms with Crippen molar-refractivity contribution in [2.24, 2.45) is 5.10 Å². The maximum Gasteiger partial charge on any atom is 0.130 e. The molecule has 0 aliphatic heterocycles. The summed E-state index contributed by atoms with van der Waals surface area (Å²) in [5.74, 6) is 0. The van der Waals surface area contributed by atoms with Gasteiger partial charge in [-0.2, -0.15) is 5.10 Å². The van der Waals surface area contributed by atoms with E-state index in [1.807, 2.05) is 36.8 Å². The van der Waals surface area contributed by atoms with Crippen molar-refractivity contribution in [3.63, 3.8) is 0 Å². The molecule has 0 aliphatic rings. The highest BCUT2D eigenvalue weighted by molar-refractivity contribution is 9.11. The standard InChI is InChI=1S/C13H12BrN5S/c1-18(2)17-11(9-4-3-5-15-6-9)12-13-19(8-16-12)7-10(14)20-13/h3-8H,1-2H3. The number of imidazole rings is 1. The molecule has 5 nitrogen and oxygen atoms in total. The molecular weight excluding hydrogens is 338 g/mol. The summed E-state index contributed by atoms with van der Waals surface area (Å²) in [5.41, 5.74) is 2.63. The largest absolute Gasteiger partial charge is 0.302 e. The lowest BCUT2D eigenvalue weighted by Crippen LogP contribution is -2.12. The minimum atomic E-state index is 0.819. The van der Waals surface area contributed by atoms with Crippen LogP contribution >= 0.6 is 27.3 Å². The van der Waals surface area contributed by atoms with Gasteiger partial charge in [-0.1, -0.05) is 0 Å². The van der Waals surface area contributed by atoms with Crippen LogP contribution < -0.4 is 0 Å². The highest BCUT2D eigenvalue weighted by Gasteiger charge is 2.16. The topological polar surface area (TPSA) is 45.8 Å². The fraction of sp³-hybridized carbons (Fsp3) is 0.154. The van der Waals surface area contributed by atoms with Gasteiger partial charge in [-0.05, 0) is 28.1 Å². The molecule has 0 saturated heterocycles. The Hall–Kier alpha value is -1.73. The number of pyridine rings is 1. The van der Waals surface area contributed by atoms with Gasteiger partial charge in [-0.3, -0.25) is 9.38 Å². The van der Waals surface area contributed by atoms with Gasteiger partial charge in [0.2, 0.25) is 0 Å². The first-order valence-electron chi connectivity index (χ1n) is 5.94. The van der Waals surface area contributed by atoms with Gasteiger partial charge in [0.25, 0.3) is 0 Å². The molecule has 0 unspecified atom stereocenters. The normalized spacial score (nSPS) is 12.1. The quantitative estimate of drug-likeness (QED) is 0.539. The van der Waals surface area contributed by atoms with Gasteiger partial charge in [0, 0.05) is 38.2 Å². The van der Waals surface area contributed by atoms with Crippen LogP contribution in [0.15, 0.2) is 45.9 Å². The van der Waals surface area contributed by atoms with Gasteiger partial charge in [0.1, 0.15) is 22.6 Å². The Morgan fingerprint density at radius 1 is 1.45 bits per heavy atom. The van der Waals surface area contributed by atoms with Crippen molar-refractivity contribution in [2.45, 2.75) is 0 Å². The summed E-state index contributed by atoms with van der Waals surface area (Å²) in [4.78, 5) is 9.72. The smallest absolute Gasteiger partial charge is 0.130 e. The SMILES string of the molecule is CN(C)N=C(c1cccnc1)c1ncn2cc(Br)sc12. The maximum atomic E-state index is 4.57. The van der Waals surface area contributed by atoms with Crippen LogP contribution in [0.25, 0.3) is 4.83 Å². The number of fused-ring (bicyclic) bond motifs is 1. The monoisotopic (exact) mass is 349 g/mol. The molecule has 0 fully saturated rings. The van der Waals surface area contributed by atoms with Crippen LogP contribution in [0.3, 0.4) is 0 Å². The van der Waals surface area contributed by atoms with E-state index >= 15 is 0 Å². The molecule has 0 aromatic carbocycles. The van der Waals surface area contributed by atoms with Gasteiger partial charge >= 0.3 is 0 Å². The van der Waals surface area contributed by atoms with Crippen LogP contribution in [0, 0.1) is 0 Å². The lowest BCUT2D eigenvalue weighted by molar-refractivity contribution is 0.438. The second-order valence-corrected chi connectivity index (χ2v) is 6.79. The number of halogens is 1. The number of hydrogen-bond donors (Lipinski definition) is 0. The average Bonchev–Trinajstić information content (AvgIpc) is 2.96. The van der Waals surface area contributed by atoms with Gasteiger partial charge < -0.3 is 5.01 Å². The minimum absolute atomic E-state index is 0.819. The lowest BCUT2D eigenvalue weighted by atomic mass is 10.1. The Morgan fingerprint density at radius 3 is 3.00 bits per heavy atom. The summed E-state index contributed by atoms with van der Waals surface area (Å²) in [6.07, 6.45) is 7.35. The van der Waals surface area contributed by atoms with Crippen molar-refractivity contribution in [3.05, 3.63) is 52.1 Å². The van der Waals surface area contributed by atoms with Crippen LogP contribution in [0.5, 0.6) is 0 Å². The fourth-order valence-corrected chi connectivity index (χ4v) is 3.36. The number of hydrogen-bond acceptors (Lipinski definition) is 5. The van der Waals surface area contributed by atoms with E-state index in [4.69, 9.17) is 0 Å². The fourth-order valence-electron chi connectivity index (χ4n) is 1.88. The first-order chi connectivity index (χ1) is 9.65. The van der Waals surface area contributed by atoms with Crippen molar-refractivity contribution in [2.75, 3.05) is 14.1 Å². The zero-order chi connectivity index (χ0) is 14.1. The van der Waals surface area contributed by atoms with E-state index in [1.54, 1.807) is 35.1 Å². The lowest BCUT2D eigenvalue weighted by Gasteiger charge is -2.09. The van der Waals surface area contributed by atoms with Gasteiger partial charge in [-0.25, -0.2) is 4.98 Å². The molecule has 3 aromatic rings. The first-order valence-corrected chi connectivity index (χ1v) is 7.55. The molecule has 0 atom stereocenters. The van der Waals surface area contributed by atoms with Crippen molar-refractivity contribution < 1.29 is 0 Å². The molecule has 20 heavy (non-hydrogen) atoms. The van der Waals surface area contributed by atoms with Crippen LogP contribution in [-0.2, 0) is 0 Å². The van der Waals surface area contributed by atoms with Crippen molar-refractivity contribution >= 4 is 37.8 Å². The molecule has 0 spiro atoms. The molecule has 3 aromatic heterocycles. The third-order valence-corrected chi connectivity index (χ3v) is 4.23. The molecule has 0 N–H and O–H groups in total. The minimum Gasteiger partial charge on any atom is -0.302 e. The number of rotatable bonds is 3. The van der Waals surface area contributed by atoms with Crippen molar-refractivity contribution in [3.8, 4) is 0 Å². The van der Waals surface area contributed by atoms with Crippen LogP contribution in [-0.4, -0.2) is 39.2 Å². The summed E-state index contributed by atoms with van der Waals surface area (Å²) in [7, 11) is 3.79. The maximum absolute atomic E-state index is 4.57. The van der Waals surface area contributed by atoms with Gasteiger partial charge in [0.15, 0.2) is 0 Å². The molecule has 3 rings (SSSR count). The summed E-state index contributed by atoms with van der Waals surface area (Å²) < 4.78 is 3.05. The Kier molecular flexibility index (Phi) is 3.54. The van der Waals surface area contributed by atoms with Crippen LogP contribution in [0.2, 0.25) is 0 Å². The van der Waals surface area contributed by atoms with E-state index in [2.05, 4.69) is 31.0 Å². The molecule has 0 amide bonds. The predicted octanol–water partition coefficient (Wildman–Crippen LogP) is 2.87. The summed E-state index contributed by atoms with van der Waals surface area (Å²) in [6.45, 7) is 0. The Balaban J connectivity index is 2.20. The molecule has 3 heterocycles. The number of hydrazone groups is 1. The molecule has 0 saturated carbocycles. The zero-order valence-electron chi connectivity index (χ0n) is 11.0. The van der Waals surface area contributed by atoms with E-state index in [0.29, 0.717) is 0 Å². The van der Waals surface area contributed by atoms with E-state index in [0.717, 1.165) is 25.6 Å². The molecular formula is C13H12BrN5S. The Labute approximate surface area is 128 Å². The van der Waals surface area contributed by atoms with E-state index in [9.17, 15) is 0 Å². The zero-order valence-corrected chi connectivity index (χ0v) is 13.4. The molecule has 7 heteroatoms. The number of aromatic nitrogens is 3. The number of thiazole rings is 1. The summed E-state index contributed by atoms with van der Waals surface area (Å²) >= 11 is 5.13. The Bertz CT molecular complexity index is 760. The van der Waals surface area contributed by atoms with Crippen molar-refractivity contribution in [1.29, 1.82) is 0 Å². The third-order valence-electron chi connectivity index (χ3n) is 2.64. The third kappa shape index (κ3) is 2.46.